The van der Waals surface area contributed by atoms with E-state index < -0.39 is 17.4 Å². The van der Waals surface area contributed by atoms with Crippen LogP contribution in [0.15, 0.2) is 28.9 Å². The molecule has 4 rings (SSSR count). The predicted molar refractivity (Wildman–Crippen MR) is 102 cm³/mol. The normalized spacial score (nSPS) is 18.8. The van der Waals surface area contributed by atoms with Crippen molar-refractivity contribution in [1.82, 2.24) is 15.0 Å². The van der Waals surface area contributed by atoms with Gasteiger partial charge in [0.15, 0.2) is 5.76 Å². The molecule has 1 saturated carbocycles. The summed E-state index contributed by atoms with van der Waals surface area (Å²) in [7, 11) is 0. The summed E-state index contributed by atoms with van der Waals surface area (Å²) >= 11 is 0. The highest BCUT2D eigenvalue weighted by Gasteiger charge is 2.50. The molecule has 2 amide bonds. The van der Waals surface area contributed by atoms with Gasteiger partial charge in [-0.2, -0.15) is 13.2 Å². The van der Waals surface area contributed by atoms with Crippen LogP contribution < -0.4 is 9.64 Å². The fourth-order valence-corrected chi connectivity index (χ4v) is 4.33. The summed E-state index contributed by atoms with van der Waals surface area (Å²) in [6.07, 6.45) is 1.15. The number of halogens is 3. The quantitative estimate of drug-likeness (QED) is 0.738. The molecule has 3 heterocycles. The van der Waals surface area contributed by atoms with E-state index in [0.29, 0.717) is 18.0 Å². The van der Waals surface area contributed by atoms with Gasteiger partial charge in [-0.15, -0.1) is 0 Å². The zero-order valence-electron chi connectivity index (χ0n) is 16.8. The molecule has 1 saturated heterocycles. The van der Waals surface area contributed by atoms with Gasteiger partial charge in [0, 0.05) is 6.07 Å². The van der Waals surface area contributed by atoms with Crippen LogP contribution in [0.2, 0.25) is 0 Å². The number of carbonyl (C=O) groups excluding carboxylic acids is 1. The maximum atomic E-state index is 13.3. The molecule has 11 heteroatoms. The van der Waals surface area contributed by atoms with Crippen molar-refractivity contribution in [3.05, 3.63) is 35.9 Å². The minimum absolute atomic E-state index is 0.0766. The van der Waals surface area contributed by atoms with Gasteiger partial charge in [0.2, 0.25) is 0 Å². The summed E-state index contributed by atoms with van der Waals surface area (Å²) in [5.74, 6) is 0.649. The van der Waals surface area contributed by atoms with Crippen molar-refractivity contribution >= 4 is 11.7 Å². The molecule has 1 aliphatic heterocycles. The van der Waals surface area contributed by atoms with Gasteiger partial charge in [-0.05, 0) is 30.1 Å². The Balaban J connectivity index is 1.57. The Morgan fingerprint density at radius 2 is 2.00 bits per heavy atom. The lowest BCUT2D eigenvalue weighted by Crippen LogP contribution is -2.47. The smallest absolute Gasteiger partial charge is 0.433 e. The molecule has 2 aliphatic rings. The van der Waals surface area contributed by atoms with Crippen LogP contribution >= 0.6 is 0 Å². The zero-order chi connectivity index (χ0) is 22.1. The van der Waals surface area contributed by atoms with E-state index in [2.05, 4.69) is 10.1 Å². The monoisotopic (exact) mass is 440 g/mol. The van der Waals surface area contributed by atoms with Crippen LogP contribution in [0.3, 0.4) is 0 Å². The van der Waals surface area contributed by atoms with Crippen LogP contribution in [-0.2, 0) is 12.7 Å². The lowest BCUT2D eigenvalue weighted by Gasteiger charge is -2.39. The highest BCUT2D eigenvalue weighted by atomic mass is 19.4. The fraction of sp³-hybridized carbons (Fsp3) is 0.550. The first-order chi connectivity index (χ1) is 14.8. The van der Waals surface area contributed by atoms with Crippen molar-refractivity contribution in [3.8, 4) is 5.88 Å². The second-order valence-corrected chi connectivity index (χ2v) is 7.84. The fourth-order valence-electron chi connectivity index (χ4n) is 4.33. The number of rotatable bonds is 6. The van der Waals surface area contributed by atoms with Crippen LogP contribution in [-0.4, -0.2) is 51.5 Å². The van der Waals surface area contributed by atoms with E-state index in [-0.39, 0.29) is 31.7 Å². The number of ether oxygens (including phenoxy) is 1. The number of urea groups is 1. The summed E-state index contributed by atoms with van der Waals surface area (Å²) in [5.41, 5.74) is -1.10. The largest absolute Gasteiger partial charge is 0.473 e. The van der Waals surface area contributed by atoms with Crippen LogP contribution in [0.5, 0.6) is 5.88 Å². The first-order valence-electron chi connectivity index (χ1n) is 10.1. The van der Waals surface area contributed by atoms with E-state index in [1.54, 1.807) is 11.0 Å². The topological polar surface area (TPSA) is 91.9 Å². The molecule has 2 aromatic rings. The van der Waals surface area contributed by atoms with Crippen LogP contribution in [0.25, 0.3) is 0 Å². The van der Waals surface area contributed by atoms with E-state index in [1.165, 1.54) is 11.0 Å². The van der Waals surface area contributed by atoms with Gasteiger partial charge in [0.05, 0.1) is 37.1 Å². The molecule has 1 spiro atoms. The minimum atomic E-state index is -4.54. The molecule has 168 valence electrons. The third-order valence-electron chi connectivity index (χ3n) is 5.81. The SMILES string of the molecule is O=C1N(c2ccc(C(F)(F)F)nc2)CC2(CCCCC2)N1Cc1cc(OCCO)no1. The van der Waals surface area contributed by atoms with Gasteiger partial charge >= 0.3 is 12.2 Å². The summed E-state index contributed by atoms with van der Waals surface area (Å²) in [5, 5.41) is 12.6. The average molecular weight is 440 g/mol. The second kappa shape index (κ2) is 8.37. The number of aliphatic hydroxyl groups is 1. The minimum Gasteiger partial charge on any atom is -0.473 e. The Hall–Kier alpha value is -2.82. The van der Waals surface area contributed by atoms with E-state index >= 15 is 0 Å². The summed E-state index contributed by atoms with van der Waals surface area (Å²) in [6, 6.07) is 3.43. The number of carbonyl (C=O) groups is 1. The van der Waals surface area contributed by atoms with Crippen molar-refractivity contribution in [1.29, 1.82) is 0 Å². The molecule has 1 N–H and O–H groups in total. The molecule has 0 bridgehead atoms. The number of amides is 2. The number of hydrogen-bond donors (Lipinski definition) is 1. The molecule has 8 nitrogen and oxygen atoms in total. The van der Waals surface area contributed by atoms with Crippen LogP contribution in [0, 0.1) is 0 Å². The Bertz CT molecular complexity index is 910. The van der Waals surface area contributed by atoms with Crippen LogP contribution in [0.1, 0.15) is 43.6 Å². The molecule has 31 heavy (non-hydrogen) atoms. The van der Waals surface area contributed by atoms with Crippen LogP contribution in [0.4, 0.5) is 23.7 Å². The van der Waals surface area contributed by atoms with Gasteiger partial charge in [0.1, 0.15) is 12.3 Å². The van der Waals surface area contributed by atoms with Gasteiger partial charge < -0.3 is 19.3 Å². The van der Waals surface area contributed by atoms with Gasteiger partial charge in [-0.25, -0.2) is 9.78 Å². The molecule has 0 radical (unpaired) electrons. The van der Waals surface area contributed by atoms with Crippen molar-refractivity contribution in [2.24, 2.45) is 0 Å². The average Bonchev–Trinajstić information content (AvgIpc) is 3.31. The van der Waals surface area contributed by atoms with Crippen molar-refractivity contribution < 1.29 is 32.3 Å². The Morgan fingerprint density at radius 1 is 1.23 bits per heavy atom. The first kappa shape index (κ1) is 21.4. The molecular weight excluding hydrogens is 417 g/mol. The summed E-state index contributed by atoms with van der Waals surface area (Å²) in [6.45, 7) is 0.457. The number of aliphatic hydroxyl groups excluding tert-OH is 1. The van der Waals surface area contributed by atoms with E-state index in [4.69, 9.17) is 14.4 Å². The Kier molecular flexibility index (Phi) is 5.78. The lowest BCUT2D eigenvalue weighted by atomic mass is 9.81. The van der Waals surface area contributed by atoms with Crippen molar-refractivity contribution in [3.63, 3.8) is 0 Å². The van der Waals surface area contributed by atoms with E-state index in [9.17, 15) is 18.0 Å². The number of aromatic nitrogens is 2. The number of hydrogen-bond acceptors (Lipinski definition) is 6. The predicted octanol–water partition coefficient (Wildman–Crippen LogP) is 3.60. The Morgan fingerprint density at radius 3 is 2.65 bits per heavy atom. The van der Waals surface area contributed by atoms with Gasteiger partial charge in [-0.1, -0.05) is 19.3 Å². The maximum absolute atomic E-state index is 13.3. The first-order valence-corrected chi connectivity index (χ1v) is 10.1. The molecule has 0 unspecified atom stereocenters. The van der Waals surface area contributed by atoms with E-state index in [0.717, 1.165) is 44.4 Å². The summed E-state index contributed by atoms with van der Waals surface area (Å²) < 4.78 is 49.1. The second-order valence-electron chi connectivity index (χ2n) is 7.84. The lowest BCUT2D eigenvalue weighted by molar-refractivity contribution is -0.141. The molecule has 0 aromatic carbocycles. The number of nitrogens with zero attached hydrogens (tertiary/aromatic N) is 4. The molecule has 1 aliphatic carbocycles. The highest BCUT2D eigenvalue weighted by molar-refractivity contribution is 5.95. The Labute approximate surface area is 176 Å². The molecular formula is C20H23F3N4O4. The van der Waals surface area contributed by atoms with Crippen molar-refractivity contribution in [2.75, 3.05) is 24.7 Å². The molecule has 0 atom stereocenters. The highest BCUT2D eigenvalue weighted by Crippen LogP contribution is 2.42. The molecule has 2 fully saturated rings. The van der Waals surface area contributed by atoms with E-state index in [1.807, 2.05) is 0 Å². The maximum Gasteiger partial charge on any atom is 0.433 e. The number of anilines is 1. The number of pyridine rings is 1. The third-order valence-corrected chi connectivity index (χ3v) is 5.81. The van der Waals surface area contributed by atoms with Gasteiger partial charge in [-0.3, -0.25) is 4.90 Å². The molecule has 2 aromatic heterocycles. The van der Waals surface area contributed by atoms with Gasteiger partial charge in [0.25, 0.3) is 5.88 Å². The number of alkyl halides is 3. The third kappa shape index (κ3) is 4.32. The van der Waals surface area contributed by atoms with Crippen molar-refractivity contribution in [2.45, 2.75) is 50.4 Å². The standard InChI is InChI=1S/C20H23F3N4O4/c21-20(22,23)16-5-4-14(11-24-16)26-13-19(6-2-1-3-7-19)27(18(26)29)12-15-10-17(25-31-15)30-9-8-28/h4-5,10-11,28H,1-3,6-9,12-13H2. The summed E-state index contributed by atoms with van der Waals surface area (Å²) in [4.78, 5) is 20.0. The zero-order valence-corrected chi connectivity index (χ0v) is 16.8.